The Morgan fingerprint density at radius 3 is 2.28 bits per heavy atom. The predicted octanol–water partition coefficient (Wildman–Crippen LogP) is 3.41. The Morgan fingerprint density at radius 1 is 1.08 bits per heavy atom. The van der Waals surface area contributed by atoms with E-state index < -0.39 is 47.6 Å². The number of hydrogen-bond donors (Lipinski definition) is 6. The fourth-order valence-corrected chi connectivity index (χ4v) is 7.50. The number of aliphatic hydroxyl groups excluding tert-OH is 1. The molecule has 2 aromatic rings. The molecule has 294 valence electrons. The molecule has 3 rings (SSSR count). The molecule has 53 heavy (non-hydrogen) atoms. The Morgan fingerprint density at radius 2 is 1.74 bits per heavy atom. The maximum atomic E-state index is 14.1. The Labute approximate surface area is 317 Å². The molecule has 0 radical (unpaired) electrons. The van der Waals surface area contributed by atoms with Crippen LogP contribution in [0.1, 0.15) is 101 Å². The van der Waals surface area contributed by atoms with Gasteiger partial charge >= 0.3 is 5.97 Å². The lowest BCUT2D eigenvalue weighted by Crippen LogP contribution is -2.60. The van der Waals surface area contributed by atoms with E-state index in [-0.39, 0.29) is 54.6 Å². The molecule has 7 atom stereocenters. The number of hydrogen-bond acceptors (Lipinski definition) is 10. The maximum Gasteiger partial charge on any atom is 0.306 e. The van der Waals surface area contributed by atoms with Gasteiger partial charge in [0.2, 0.25) is 17.7 Å². The van der Waals surface area contributed by atoms with Gasteiger partial charge in [-0.2, -0.15) is 0 Å². The van der Waals surface area contributed by atoms with Crippen LogP contribution >= 0.6 is 11.3 Å². The van der Waals surface area contributed by atoms with Crippen LogP contribution in [0.3, 0.4) is 0 Å². The van der Waals surface area contributed by atoms with Gasteiger partial charge in [-0.25, -0.2) is 4.98 Å². The van der Waals surface area contributed by atoms with E-state index in [2.05, 4.69) is 20.9 Å². The number of carboxylic acid groups (broad SMARTS) is 1. The summed E-state index contributed by atoms with van der Waals surface area (Å²) < 4.78 is 0. The summed E-state index contributed by atoms with van der Waals surface area (Å²) in [6.45, 7) is 12.0. The molecule has 14 nitrogen and oxygen atoms in total. The van der Waals surface area contributed by atoms with E-state index in [4.69, 9.17) is 5.73 Å². The van der Waals surface area contributed by atoms with Gasteiger partial charge in [0.25, 0.3) is 5.91 Å². The van der Waals surface area contributed by atoms with Crippen LogP contribution in [0.25, 0.3) is 0 Å². The average molecular weight is 758 g/mol. The molecule has 2 heterocycles. The van der Waals surface area contributed by atoms with E-state index in [1.807, 2.05) is 46.6 Å². The number of nitrogens with one attached hydrogen (secondary N) is 3. The molecule has 0 saturated carbocycles. The van der Waals surface area contributed by atoms with Crippen molar-refractivity contribution in [3.8, 4) is 0 Å². The van der Waals surface area contributed by atoms with Gasteiger partial charge in [0.05, 0.1) is 18.0 Å². The largest absolute Gasteiger partial charge is 0.481 e. The third-order valence-electron chi connectivity index (χ3n) is 10.7. The van der Waals surface area contributed by atoms with Crippen LogP contribution in [0.4, 0.5) is 5.69 Å². The summed E-state index contributed by atoms with van der Waals surface area (Å²) in [5.74, 6) is -3.10. The Balaban J connectivity index is 1.72. The number of anilines is 1. The summed E-state index contributed by atoms with van der Waals surface area (Å²) in [6, 6.07) is 5.31. The van der Waals surface area contributed by atoms with Crippen LogP contribution < -0.4 is 21.7 Å². The van der Waals surface area contributed by atoms with Crippen LogP contribution in [-0.2, 0) is 25.6 Å². The number of likely N-dealkylation sites (tertiary alicyclic amines) is 1. The Bertz CT molecular complexity index is 1570. The molecule has 0 bridgehead atoms. The molecule has 1 aromatic heterocycles. The highest BCUT2D eigenvalue weighted by Crippen LogP contribution is 2.30. The molecule has 0 aliphatic carbocycles. The van der Waals surface area contributed by atoms with Crippen molar-refractivity contribution in [2.75, 3.05) is 32.5 Å². The SMILES string of the molecule is CC[C@H](C)[C@H](NC(=O)[C@@]1(C)CCCN1C)C(=O)N(C)[C@H](C[C@@H](O)c1nc(C(=O)N[C@@H](Cc2ccc(NC(=O)CN)cc2)C[C@H](C)C(=O)O)cs1)C(C)C. The number of aliphatic carboxylic acids is 1. The summed E-state index contributed by atoms with van der Waals surface area (Å²) in [4.78, 5) is 72.4. The molecule has 1 aliphatic heterocycles. The highest BCUT2D eigenvalue weighted by atomic mass is 32.1. The smallest absolute Gasteiger partial charge is 0.306 e. The molecule has 7 N–H and O–H groups in total. The van der Waals surface area contributed by atoms with Crippen LogP contribution in [-0.4, -0.2) is 105 Å². The zero-order valence-electron chi connectivity index (χ0n) is 32.3. The van der Waals surface area contributed by atoms with E-state index >= 15 is 0 Å². The standard InChI is InChI=1S/C38H59N7O7S/c1-9-23(4)32(43-37(52)38(6)15-10-16-44(38)7)35(49)45(8)29(22(2)3)19-30(46)34-42-28(21-53-34)33(48)41-27(17-24(5)36(50)51)18-25-11-13-26(14-12-25)40-31(47)20-39/h11-14,21-24,27,29-30,32,46H,9-10,15-20,39H2,1-8H3,(H,40,47)(H,41,48)(H,43,52)(H,50,51)/t23-,24-,27+,29+,30+,32-,38+/m0/s1. The van der Waals surface area contributed by atoms with Crippen molar-refractivity contribution >= 4 is 46.6 Å². The van der Waals surface area contributed by atoms with Gasteiger partial charge in [-0.1, -0.05) is 53.2 Å². The zero-order valence-corrected chi connectivity index (χ0v) is 33.2. The molecular formula is C38H59N7O7S. The summed E-state index contributed by atoms with van der Waals surface area (Å²) >= 11 is 1.13. The Kier molecular flexibility index (Phi) is 15.9. The van der Waals surface area contributed by atoms with Crippen LogP contribution in [0.15, 0.2) is 29.6 Å². The lowest BCUT2D eigenvalue weighted by atomic mass is 9.91. The highest BCUT2D eigenvalue weighted by Gasteiger charge is 2.43. The monoisotopic (exact) mass is 757 g/mol. The van der Waals surface area contributed by atoms with Crippen molar-refractivity contribution in [3.63, 3.8) is 0 Å². The summed E-state index contributed by atoms with van der Waals surface area (Å²) in [5.41, 5.74) is 6.16. The molecule has 1 aliphatic rings. The van der Waals surface area contributed by atoms with Gasteiger partial charge in [-0.15, -0.1) is 11.3 Å². The number of benzene rings is 1. The van der Waals surface area contributed by atoms with Crippen molar-refractivity contribution in [2.24, 2.45) is 23.5 Å². The lowest BCUT2D eigenvalue weighted by Gasteiger charge is -2.38. The Hall–Kier alpha value is -3.92. The van der Waals surface area contributed by atoms with Gasteiger partial charge in [0.1, 0.15) is 22.8 Å². The van der Waals surface area contributed by atoms with Crippen LogP contribution in [0.5, 0.6) is 0 Å². The number of nitrogens with two attached hydrogens (primary N) is 1. The molecule has 1 fully saturated rings. The summed E-state index contributed by atoms with van der Waals surface area (Å²) in [7, 11) is 3.63. The number of carbonyl (C=O) groups is 5. The number of thiazole rings is 1. The number of rotatable bonds is 19. The quantitative estimate of drug-likeness (QED) is 0.123. The van der Waals surface area contributed by atoms with Crippen LogP contribution in [0, 0.1) is 17.8 Å². The third-order valence-corrected chi connectivity index (χ3v) is 11.6. The van der Waals surface area contributed by atoms with Crippen molar-refractivity contribution in [3.05, 3.63) is 45.9 Å². The second kappa shape index (κ2) is 19.4. The van der Waals surface area contributed by atoms with Gasteiger partial charge in [-0.3, -0.25) is 28.9 Å². The number of carboxylic acids is 1. The topological polar surface area (TPSA) is 207 Å². The number of amides is 4. The second-order valence-electron chi connectivity index (χ2n) is 15.0. The van der Waals surface area contributed by atoms with Crippen molar-refractivity contribution < 1.29 is 34.2 Å². The molecule has 1 saturated heterocycles. The molecule has 1 aromatic carbocycles. The van der Waals surface area contributed by atoms with Crippen molar-refractivity contribution in [1.82, 2.24) is 25.4 Å². The van der Waals surface area contributed by atoms with Crippen molar-refractivity contribution in [2.45, 2.75) is 110 Å². The van der Waals surface area contributed by atoms with E-state index in [0.717, 1.165) is 36.3 Å². The normalized spacial score (nSPS) is 19.5. The lowest BCUT2D eigenvalue weighted by molar-refractivity contribution is -0.142. The first-order valence-electron chi connectivity index (χ1n) is 18.5. The highest BCUT2D eigenvalue weighted by molar-refractivity contribution is 7.09. The number of carbonyl (C=O) groups excluding carboxylic acids is 4. The summed E-state index contributed by atoms with van der Waals surface area (Å²) in [6.07, 6.45) is 1.90. The van der Waals surface area contributed by atoms with E-state index in [9.17, 15) is 34.2 Å². The predicted molar refractivity (Wildman–Crippen MR) is 205 cm³/mol. The molecule has 0 unspecified atom stereocenters. The van der Waals surface area contributed by atoms with Gasteiger partial charge < -0.3 is 36.8 Å². The van der Waals surface area contributed by atoms with Gasteiger partial charge in [0, 0.05) is 36.6 Å². The van der Waals surface area contributed by atoms with Crippen molar-refractivity contribution in [1.29, 1.82) is 0 Å². The minimum absolute atomic E-state index is 0.0453. The number of likely N-dealkylation sites (N-methyl/N-ethyl adjacent to an activating group) is 2. The van der Waals surface area contributed by atoms with Gasteiger partial charge in [0.15, 0.2) is 0 Å². The third kappa shape index (κ3) is 11.5. The number of nitrogens with zero attached hydrogens (tertiary/aromatic N) is 3. The van der Waals surface area contributed by atoms with Crippen LogP contribution in [0.2, 0.25) is 0 Å². The molecule has 15 heteroatoms. The fraction of sp³-hybridized carbons (Fsp3) is 0.632. The minimum Gasteiger partial charge on any atom is -0.481 e. The second-order valence-corrected chi connectivity index (χ2v) is 15.9. The molecule has 4 amide bonds. The molecule has 0 spiro atoms. The zero-order chi connectivity index (χ0) is 39.6. The molecular weight excluding hydrogens is 699 g/mol. The fourth-order valence-electron chi connectivity index (χ4n) is 6.70. The number of aromatic nitrogens is 1. The average Bonchev–Trinajstić information content (AvgIpc) is 3.76. The minimum atomic E-state index is -1.08. The number of aliphatic hydroxyl groups is 1. The van der Waals surface area contributed by atoms with E-state index in [1.54, 1.807) is 48.5 Å². The first-order chi connectivity index (χ1) is 24.9. The van der Waals surface area contributed by atoms with E-state index in [0.29, 0.717) is 23.5 Å². The maximum absolute atomic E-state index is 14.1. The summed E-state index contributed by atoms with van der Waals surface area (Å²) in [5, 5.41) is 31.5. The van der Waals surface area contributed by atoms with E-state index in [1.165, 1.54) is 0 Å². The first kappa shape index (κ1) is 43.5. The first-order valence-corrected chi connectivity index (χ1v) is 19.3. The van der Waals surface area contributed by atoms with Gasteiger partial charge in [-0.05, 0) is 75.7 Å².